The Kier molecular flexibility index (Phi) is 5.84. The molecule has 0 aliphatic carbocycles. The van der Waals surface area contributed by atoms with Crippen molar-refractivity contribution in [1.29, 1.82) is 0 Å². The number of nitrogen functional groups attached to an aromatic ring is 1. The van der Waals surface area contributed by atoms with Gasteiger partial charge in [0.15, 0.2) is 0 Å². The van der Waals surface area contributed by atoms with Gasteiger partial charge in [0, 0.05) is 30.3 Å². The summed E-state index contributed by atoms with van der Waals surface area (Å²) in [5.74, 6) is 6.51. The van der Waals surface area contributed by atoms with Crippen LogP contribution in [-0.2, 0) is 6.54 Å². The van der Waals surface area contributed by atoms with Crippen molar-refractivity contribution in [3.8, 4) is 11.8 Å². The molecule has 1 unspecified atom stereocenters. The highest BCUT2D eigenvalue weighted by molar-refractivity contribution is 5.91. The molecule has 2 nitrogen and oxygen atoms in total. The van der Waals surface area contributed by atoms with Crippen LogP contribution in [0.1, 0.15) is 48.6 Å². The fraction of sp³-hybridized carbons (Fsp3) is 0.280. The molecule has 27 heavy (non-hydrogen) atoms. The van der Waals surface area contributed by atoms with Gasteiger partial charge in [-0.05, 0) is 66.6 Å². The van der Waals surface area contributed by atoms with E-state index in [-0.39, 0.29) is 6.04 Å². The summed E-state index contributed by atoms with van der Waals surface area (Å²) in [5, 5.41) is 2.51. The summed E-state index contributed by atoms with van der Waals surface area (Å²) in [7, 11) is 2.17. The van der Waals surface area contributed by atoms with Crippen LogP contribution in [0.3, 0.4) is 0 Å². The Hall–Kier alpha value is -2.76. The summed E-state index contributed by atoms with van der Waals surface area (Å²) >= 11 is 0. The fourth-order valence-electron chi connectivity index (χ4n) is 3.48. The largest absolute Gasteiger partial charge is 0.399 e. The third-order valence-corrected chi connectivity index (χ3v) is 5.26. The molecular formula is C25H28N2. The monoisotopic (exact) mass is 356 g/mol. The molecule has 3 rings (SSSR count). The molecule has 0 saturated carbocycles. The van der Waals surface area contributed by atoms with Crippen molar-refractivity contribution in [2.45, 2.75) is 39.8 Å². The Bertz CT molecular complexity index is 1010. The zero-order chi connectivity index (χ0) is 19.4. The van der Waals surface area contributed by atoms with E-state index in [1.54, 1.807) is 0 Å². The van der Waals surface area contributed by atoms with Crippen LogP contribution < -0.4 is 5.73 Å². The van der Waals surface area contributed by atoms with Crippen LogP contribution in [0, 0.1) is 18.8 Å². The van der Waals surface area contributed by atoms with Crippen molar-refractivity contribution >= 4 is 16.5 Å². The van der Waals surface area contributed by atoms with Gasteiger partial charge in [0.05, 0.1) is 0 Å². The number of nitrogens with zero attached hydrogens (tertiary/aromatic N) is 1. The molecular weight excluding hydrogens is 328 g/mol. The van der Waals surface area contributed by atoms with E-state index in [9.17, 15) is 0 Å². The molecule has 3 aromatic rings. The molecule has 0 spiro atoms. The molecule has 0 heterocycles. The number of rotatable bonds is 4. The van der Waals surface area contributed by atoms with E-state index in [1.165, 1.54) is 27.5 Å². The molecule has 0 amide bonds. The van der Waals surface area contributed by atoms with Gasteiger partial charge in [-0.1, -0.05) is 55.2 Å². The highest BCUT2D eigenvalue weighted by Gasteiger charge is 2.16. The summed E-state index contributed by atoms with van der Waals surface area (Å²) in [6.45, 7) is 7.35. The average Bonchev–Trinajstić information content (AvgIpc) is 2.68. The van der Waals surface area contributed by atoms with Gasteiger partial charge in [0.2, 0.25) is 0 Å². The van der Waals surface area contributed by atoms with Gasteiger partial charge in [-0.2, -0.15) is 0 Å². The van der Waals surface area contributed by atoms with E-state index in [4.69, 9.17) is 5.73 Å². The van der Waals surface area contributed by atoms with Crippen LogP contribution in [0.5, 0.6) is 0 Å². The van der Waals surface area contributed by atoms with Gasteiger partial charge >= 0.3 is 0 Å². The summed E-state index contributed by atoms with van der Waals surface area (Å²) in [5.41, 5.74) is 11.8. The highest BCUT2D eigenvalue weighted by atomic mass is 15.1. The lowest BCUT2D eigenvalue weighted by Crippen LogP contribution is -2.22. The van der Waals surface area contributed by atoms with Gasteiger partial charge in [0.25, 0.3) is 0 Å². The molecule has 138 valence electrons. The van der Waals surface area contributed by atoms with E-state index in [2.05, 4.69) is 93.1 Å². The predicted molar refractivity (Wildman–Crippen MR) is 117 cm³/mol. The lowest BCUT2D eigenvalue weighted by atomic mass is 9.95. The molecule has 0 bridgehead atoms. The smallest absolute Gasteiger partial charge is 0.0326 e. The minimum atomic E-state index is 0.281. The number of benzene rings is 3. The zero-order valence-electron chi connectivity index (χ0n) is 16.7. The third kappa shape index (κ3) is 4.15. The van der Waals surface area contributed by atoms with Crippen molar-refractivity contribution in [2.75, 3.05) is 12.8 Å². The molecule has 3 aromatic carbocycles. The first-order valence-corrected chi connectivity index (χ1v) is 9.57. The molecule has 1 atom stereocenters. The Morgan fingerprint density at radius 1 is 1.04 bits per heavy atom. The van der Waals surface area contributed by atoms with Crippen LogP contribution in [0.4, 0.5) is 5.69 Å². The molecule has 0 aliphatic heterocycles. The topological polar surface area (TPSA) is 29.3 Å². The van der Waals surface area contributed by atoms with Crippen molar-refractivity contribution in [3.63, 3.8) is 0 Å². The Morgan fingerprint density at radius 2 is 1.78 bits per heavy atom. The van der Waals surface area contributed by atoms with E-state index in [0.717, 1.165) is 24.2 Å². The molecule has 0 fully saturated rings. The summed E-state index contributed by atoms with van der Waals surface area (Å²) < 4.78 is 0. The number of anilines is 1. The maximum Gasteiger partial charge on any atom is 0.0326 e. The average molecular weight is 357 g/mol. The standard InChI is InChI=1S/C25H28N2/c1-5-6-9-20-13-15-23(25-11-8-7-10-24(20)25)19(3)27(4)17-21-16-22(26)14-12-18(21)2/h7-8,10-16,19H,5,17,26H2,1-4H3. The van der Waals surface area contributed by atoms with E-state index >= 15 is 0 Å². The SMILES string of the molecule is CCC#Cc1ccc(C(C)N(C)Cc2cc(N)ccc2C)c2ccccc12. The number of hydrogen-bond donors (Lipinski definition) is 1. The lowest BCUT2D eigenvalue weighted by molar-refractivity contribution is 0.254. The maximum absolute atomic E-state index is 5.99. The van der Waals surface area contributed by atoms with Gasteiger partial charge in [-0.3, -0.25) is 4.90 Å². The van der Waals surface area contributed by atoms with Crippen molar-refractivity contribution in [2.24, 2.45) is 0 Å². The molecule has 0 saturated heterocycles. The Labute approximate surface area is 163 Å². The lowest BCUT2D eigenvalue weighted by Gasteiger charge is -2.27. The normalized spacial score (nSPS) is 12.0. The summed E-state index contributed by atoms with van der Waals surface area (Å²) in [6.07, 6.45) is 0.870. The number of fused-ring (bicyclic) bond motifs is 1. The van der Waals surface area contributed by atoms with Crippen LogP contribution in [-0.4, -0.2) is 11.9 Å². The first kappa shape index (κ1) is 19.0. The van der Waals surface area contributed by atoms with E-state index in [1.807, 2.05) is 6.07 Å². The molecule has 0 radical (unpaired) electrons. The first-order valence-electron chi connectivity index (χ1n) is 9.57. The first-order chi connectivity index (χ1) is 13.0. The van der Waals surface area contributed by atoms with Gasteiger partial charge < -0.3 is 5.73 Å². The van der Waals surface area contributed by atoms with Crippen LogP contribution in [0.25, 0.3) is 10.8 Å². The molecule has 2 N–H and O–H groups in total. The van der Waals surface area contributed by atoms with Crippen LogP contribution in [0.15, 0.2) is 54.6 Å². The minimum Gasteiger partial charge on any atom is -0.399 e. The predicted octanol–water partition coefficient (Wildman–Crippen LogP) is 5.68. The van der Waals surface area contributed by atoms with Crippen LogP contribution in [0.2, 0.25) is 0 Å². The van der Waals surface area contributed by atoms with E-state index in [0.29, 0.717) is 0 Å². The second-order valence-corrected chi connectivity index (χ2v) is 7.18. The number of aryl methyl sites for hydroxylation is 1. The highest BCUT2D eigenvalue weighted by Crippen LogP contribution is 2.30. The number of nitrogens with two attached hydrogens (primary N) is 1. The second-order valence-electron chi connectivity index (χ2n) is 7.18. The molecule has 2 heteroatoms. The van der Waals surface area contributed by atoms with E-state index < -0.39 is 0 Å². The zero-order valence-corrected chi connectivity index (χ0v) is 16.7. The van der Waals surface area contributed by atoms with Crippen LogP contribution >= 0.6 is 0 Å². The van der Waals surface area contributed by atoms with Gasteiger partial charge in [-0.15, -0.1) is 0 Å². The molecule has 0 aromatic heterocycles. The van der Waals surface area contributed by atoms with Gasteiger partial charge in [-0.25, -0.2) is 0 Å². The second kappa shape index (κ2) is 8.29. The summed E-state index contributed by atoms with van der Waals surface area (Å²) in [6, 6.07) is 19.4. The van der Waals surface area contributed by atoms with Crippen molar-refractivity contribution in [3.05, 3.63) is 76.9 Å². The Morgan fingerprint density at radius 3 is 2.52 bits per heavy atom. The quantitative estimate of drug-likeness (QED) is 0.481. The van der Waals surface area contributed by atoms with Gasteiger partial charge in [0.1, 0.15) is 0 Å². The number of hydrogen-bond acceptors (Lipinski definition) is 2. The molecule has 0 aliphatic rings. The van der Waals surface area contributed by atoms with Crippen molar-refractivity contribution < 1.29 is 0 Å². The fourth-order valence-corrected chi connectivity index (χ4v) is 3.48. The summed E-state index contributed by atoms with van der Waals surface area (Å²) in [4.78, 5) is 2.38. The Balaban J connectivity index is 1.95. The third-order valence-electron chi connectivity index (χ3n) is 5.26. The minimum absolute atomic E-state index is 0.281. The maximum atomic E-state index is 5.99. The van der Waals surface area contributed by atoms with Crippen molar-refractivity contribution in [1.82, 2.24) is 4.90 Å².